The van der Waals surface area contributed by atoms with Crippen LogP contribution in [-0.2, 0) is 0 Å². The first-order valence-corrected chi connectivity index (χ1v) is 9.70. The maximum absolute atomic E-state index is 12.7. The van der Waals surface area contributed by atoms with Gasteiger partial charge in [0.2, 0.25) is 5.88 Å². The Morgan fingerprint density at radius 1 is 0.839 bits per heavy atom. The number of hydrogen-bond donors (Lipinski definition) is 1. The summed E-state index contributed by atoms with van der Waals surface area (Å²) in [4.78, 5) is 24.8. The predicted molar refractivity (Wildman–Crippen MR) is 115 cm³/mol. The van der Waals surface area contributed by atoms with Crippen LogP contribution in [0.3, 0.4) is 0 Å². The van der Waals surface area contributed by atoms with Gasteiger partial charge in [-0.05, 0) is 55.0 Å². The van der Waals surface area contributed by atoms with Gasteiger partial charge in [0.15, 0.2) is 0 Å². The van der Waals surface area contributed by atoms with Crippen LogP contribution in [0, 0.1) is 0 Å². The zero-order valence-electron chi connectivity index (χ0n) is 16.8. The van der Waals surface area contributed by atoms with Gasteiger partial charge in [-0.2, -0.15) is 0 Å². The van der Waals surface area contributed by atoms with Gasteiger partial charge >= 0.3 is 0 Å². The Morgan fingerprint density at radius 2 is 1.65 bits per heavy atom. The first-order valence-electron chi connectivity index (χ1n) is 9.70. The van der Waals surface area contributed by atoms with Crippen molar-refractivity contribution in [2.45, 2.75) is 13.0 Å². The van der Waals surface area contributed by atoms with Gasteiger partial charge in [0.1, 0.15) is 17.2 Å². The molecule has 1 unspecified atom stereocenters. The van der Waals surface area contributed by atoms with E-state index in [-0.39, 0.29) is 11.9 Å². The van der Waals surface area contributed by atoms with Crippen LogP contribution in [0.4, 0.5) is 0 Å². The van der Waals surface area contributed by atoms with E-state index in [4.69, 9.17) is 9.47 Å². The molecule has 2 aromatic heterocycles. The quantitative estimate of drug-likeness (QED) is 0.462. The van der Waals surface area contributed by atoms with Gasteiger partial charge in [-0.1, -0.05) is 18.2 Å². The highest BCUT2D eigenvalue weighted by Crippen LogP contribution is 2.24. The van der Waals surface area contributed by atoms with Gasteiger partial charge in [0.25, 0.3) is 5.91 Å². The highest BCUT2D eigenvalue weighted by atomic mass is 16.5. The standard InChI is InChI=1S/C24H20N4O3/c1-17(18-7-9-20(10-8-18)30-22-6-3-11-25-15-22)28-24(29)19-4-2-5-21(14-19)31-23-16-26-12-13-27-23/h2-17H,1H3,(H,28,29). The van der Waals surface area contributed by atoms with E-state index in [0.29, 0.717) is 28.7 Å². The number of nitrogens with zero attached hydrogens (tertiary/aromatic N) is 3. The molecule has 0 aliphatic rings. The maximum atomic E-state index is 12.7. The molecule has 0 fully saturated rings. The zero-order chi connectivity index (χ0) is 21.5. The fourth-order valence-corrected chi connectivity index (χ4v) is 2.89. The Bertz CT molecular complexity index is 1140. The molecule has 1 N–H and O–H groups in total. The molecule has 0 spiro atoms. The molecule has 4 aromatic rings. The van der Waals surface area contributed by atoms with Crippen molar-refractivity contribution < 1.29 is 14.3 Å². The van der Waals surface area contributed by atoms with Crippen molar-refractivity contribution in [3.8, 4) is 23.1 Å². The van der Waals surface area contributed by atoms with Crippen LogP contribution in [0.5, 0.6) is 23.1 Å². The molecule has 4 rings (SSSR count). The Balaban J connectivity index is 1.38. The van der Waals surface area contributed by atoms with Crippen molar-refractivity contribution in [1.29, 1.82) is 0 Å². The van der Waals surface area contributed by atoms with Crippen LogP contribution in [0.2, 0.25) is 0 Å². The minimum absolute atomic E-state index is 0.190. The van der Waals surface area contributed by atoms with E-state index in [1.807, 2.05) is 43.3 Å². The van der Waals surface area contributed by atoms with Crippen molar-refractivity contribution >= 4 is 5.91 Å². The van der Waals surface area contributed by atoms with Crippen molar-refractivity contribution in [1.82, 2.24) is 20.3 Å². The van der Waals surface area contributed by atoms with Gasteiger partial charge in [0, 0.05) is 24.2 Å². The number of benzene rings is 2. The Labute approximate surface area is 179 Å². The Morgan fingerprint density at radius 3 is 2.39 bits per heavy atom. The molecule has 0 aliphatic heterocycles. The molecule has 0 aliphatic carbocycles. The van der Waals surface area contributed by atoms with Gasteiger partial charge in [-0.3, -0.25) is 14.8 Å². The summed E-state index contributed by atoms with van der Waals surface area (Å²) >= 11 is 0. The summed E-state index contributed by atoms with van der Waals surface area (Å²) in [7, 11) is 0. The summed E-state index contributed by atoms with van der Waals surface area (Å²) in [6, 6.07) is 17.9. The molecule has 154 valence electrons. The highest BCUT2D eigenvalue weighted by molar-refractivity contribution is 5.94. The Kier molecular flexibility index (Phi) is 6.13. The third-order valence-electron chi connectivity index (χ3n) is 4.46. The number of rotatable bonds is 7. The van der Waals surface area contributed by atoms with Gasteiger partial charge < -0.3 is 14.8 Å². The van der Waals surface area contributed by atoms with Crippen LogP contribution in [0.25, 0.3) is 0 Å². The number of nitrogens with one attached hydrogen (secondary N) is 1. The Hall–Kier alpha value is -4.26. The van der Waals surface area contributed by atoms with E-state index < -0.39 is 0 Å². The molecule has 0 radical (unpaired) electrons. The van der Waals surface area contributed by atoms with Crippen LogP contribution < -0.4 is 14.8 Å². The molecule has 0 bridgehead atoms. The van der Waals surface area contributed by atoms with Crippen LogP contribution in [-0.4, -0.2) is 20.9 Å². The molecule has 1 amide bonds. The summed E-state index contributed by atoms with van der Waals surface area (Å²) in [5, 5.41) is 3.00. The minimum atomic E-state index is -0.201. The maximum Gasteiger partial charge on any atom is 0.251 e. The molecule has 0 saturated carbocycles. The SMILES string of the molecule is CC(NC(=O)c1cccc(Oc2cnccn2)c1)c1ccc(Oc2cccnc2)cc1. The average Bonchev–Trinajstić information content (AvgIpc) is 2.81. The second kappa shape index (κ2) is 9.49. The van der Waals surface area contributed by atoms with Gasteiger partial charge in [-0.25, -0.2) is 4.98 Å². The molecular weight excluding hydrogens is 392 g/mol. The molecule has 0 saturated heterocycles. The lowest BCUT2D eigenvalue weighted by molar-refractivity contribution is 0.0939. The number of aromatic nitrogens is 3. The summed E-state index contributed by atoms with van der Waals surface area (Å²) in [5.74, 6) is 2.04. The third-order valence-corrected chi connectivity index (χ3v) is 4.46. The normalized spacial score (nSPS) is 11.4. The molecule has 7 heteroatoms. The summed E-state index contributed by atoms with van der Waals surface area (Å²) in [6.07, 6.45) is 7.96. The number of carbonyl (C=O) groups excluding carboxylic acids is 1. The molecule has 7 nitrogen and oxygen atoms in total. The molecule has 2 heterocycles. The lowest BCUT2D eigenvalue weighted by atomic mass is 10.1. The monoisotopic (exact) mass is 412 g/mol. The molecule has 2 aromatic carbocycles. The highest BCUT2D eigenvalue weighted by Gasteiger charge is 2.13. The number of pyridine rings is 1. The van der Waals surface area contributed by atoms with E-state index in [1.165, 1.54) is 6.20 Å². The molecule has 31 heavy (non-hydrogen) atoms. The largest absolute Gasteiger partial charge is 0.456 e. The first-order chi connectivity index (χ1) is 15.2. The average molecular weight is 412 g/mol. The zero-order valence-corrected chi connectivity index (χ0v) is 16.8. The van der Waals surface area contributed by atoms with Crippen LogP contribution >= 0.6 is 0 Å². The third kappa shape index (κ3) is 5.42. The number of ether oxygens (including phenoxy) is 2. The van der Waals surface area contributed by atoms with Gasteiger partial charge in [0.05, 0.1) is 18.4 Å². The van der Waals surface area contributed by atoms with E-state index in [0.717, 1.165) is 5.56 Å². The van der Waals surface area contributed by atoms with Crippen molar-refractivity contribution in [2.24, 2.45) is 0 Å². The van der Waals surface area contributed by atoms with E-state index in [2.05, 4.69) is 20.3 Å². The van der Waals surface area contributed by atoms with Crippen molar-refractivity contribution in [2.75, 3.05) is 0 Å². The fourth-order valence-electron chi connectivity index (χ4n) is 2.89. The fraction of sp³-hybridized carbons (Fsp3) is 0.0833. The smallest absolute Gasteiger partial charge is 0.251 e. The second-order valence-corrected chi connectivity index (χ2v) is 6.73. The number of carbonyl (C=O) groups is 1. The van der Waals surface area contributed by atoms with E-state index >= 15 is 0 Å². The van der Waals surface area contributed by atoms with E-state index in [1.54, 1.807) is 49.1 Å². The summed E-state index contributed by atoms with van der Waals surface area (Å²) in [6.45, 7) is 1.93. The predicted octanol–water partition coefficient (Wildman–Crippen LogP) is 4.95. The summed E-state index contributed by atoms with van der Waals surface area (Å²) < 4.78 is 11.4. The van der Waals surface area contributed by atoms with E-state index in [9.17, 15) is 4.79 Å². The van der Waals surface area contributed by atoms with Crippen LogP contribution in [0.1, 0.15) is 28.9 Å². The minimum Gasteiger partial charge on any atom is -0.456 e. The molecule has 1 atom stereocenters. The van der Waals surface area contributed by atoms with Gasteiger partial charge in [-0.15, -0.1) is 0 Å². The summed E-state index contributed by atoms with van der Waals surface area (Å²) in [5.41, 5.74) is 1.45. The molecular formula is C24H20N4O3. The number of hydrogen-bond acceptors (Lipinski definition) is 6. The second-order valence-electron chi connectivity index (χ2n) is 6.73. The lowest BCUT2D eigenvalue weighted by Crippen LogP contribution is -2.26. The van der Waals surface area contributed by atoms with Crippen molar-refractivity contribution in [3.63, 3.8) is 0 Å². The lowest BCUT2D eigenvalue weighted by Gasteiger charge is -2.15. The topological polar surface area (TPSA) is 86.2 Å². The number of amides is 1. The first kappa shape index (κ1) is 20.0. The van der Waals surface area contributed by atoms with Crippen LogP contribution in [0.15, 0.2) is 91.6 Å². The van der Waals surface area contributed by atoms with Crippen molar-refractivity contribution in [3.05, 3.63) is 103 Å².